The molecule has 0 aliphatic rings. The van der Waals surface area contributed by atoms with Crippen molar-refractivity contribution in [2.45, 2.75) is 5.22 Å². The Morgan fingerprint density at radius 1 is 1.00 bits per heavy atom. The number of benzene rings is 2. The number of amides is 2. The van der Waals surface area contributed by atoms with Gasteiger partial charge in [-0.2, -0.15) is 4.98 Å². The lowest BCUT2D eigenvalue weighted by atomic mass is 10.1. The zero-order valence-electron chi connectivity index (χ0n) is 18.5. The fourth-order valence-corrected chi connectivity index (χ4v) is 3.41. The van der Waals surface area contributed by atoms with Crippen molar-refractivity contribution in [3.05, 3.63) is 83.8 Å². The van der Waals surface area contributed by atoms with Crippen molar-refractivity contribution in [3.63, 3.8) is 0 Å². The smallest absolute Gasteiger partial charge is 0.278 e. The molecule has 4 aromatic rings. The van der Waals surface area contributed by atoms with E-state index in [1.807, 2.05) is 0 Å². The van der Waals surface area contributed by atoms with Crippen LogP contribution in [0.25, 0.3) is 11.3 Å². The molecule has 4 rings (SSSR count). The Hall–Kier alpha value is -4.25. The Balaban J connectivity index is 1.51. The molecule has 2 amide bonds. The third-order valence-corrected chi connectivity index (χ3v) is 5.24. The van der Waals surface area contributed by atoms with Gasteiger partial charge in [-0.3, -0.25) is 14.6 Å². The van der Waals surface area contributed by atoms with Crippen LogP contribution in [0.4, 0.5) is 14.5 Å². The molecule has 0 unspecified atom stereocenters. The summed E-state index contributed by atoms with van der Waals surface area (Å²) in [6, 6.07) is 12.5. The summed E-state index contributed by atoms with van der Waals surface area (Å²) in [6.07, 6.45) is 3.15. The predicted octanol–water partition coefficient (Wildman–Crippen LogP) is 5.14. The molecule has 0 radical (unpaired) electrons. The van der Waals surface area contributed by atoms with Crippen LogP contribution < -0.4 is 15.4 Å². The Kier molecular flexibility index (Phi) is 7.06. The number of pyridine rings is 1. The number of oxazole rings is 1. The monoisotopic (exact) mass is 496 g/mol. The minimum atomic E-state index is -0.875. The Labute approximate surface area is 202 Å². The van der Waals surface area contributed by atoms with Gasteiger partial charge in [-0.05, 0) is 48.7 Å². The number of aromatic nitrogens is 2. The van der Waals surface area contributed by atoms with Crippen molar-refractivity contribution < 1.29 is 27.5 Å². The Morgan fingerprint density at radius 2 is 1.77 bits per heavy atom. The highest BCUT2D eigenvalue weighted by Crippen LogP contribution is 2.31. The number of thioether (sulfide) groups is 1. The number of ether oxygens (including phenoxy) is 1. The van der Waals surface area contributed by atoms with Crippen LogP contribution in [0.5, 0.6) is 11.5 Å². The van der Waals surface area contributed by atoms with Crippen LogP contribution in [-0.4, -0.2) is 35.1 Å². The summed E-state index contributed by atoms with van der Waals surface area (Å²) in [5, 5.41) is 5.32. The minimum Gasteiger partial charge on any atom is -0.457 e. The fourth-order valence-electron chi connectivity index (χ4n) is 3.06. The number of anilines is 1. The standard InChI is InChI=1S/C24H18F2N4O4S/c1-27-22(31)19-12-16(9-10-28-19)33-15-6-4-14(5-7-15)29-23(32)20-21(34-24(30-20)35-2)17-8-3-13(25)11-18(17)26/h3-12H,1-2H3,(H,27,31)(H,29,32). The van der Waals surface area contributed by atoms with Crippen LogP contribution in [0.3, 0.4) is 0 Å². The maximum Gasteiger partial charge on any atom is 0.278 e. The van der Waals surface area contributed by atoms with Crippen molar-refractivity contribution in [1.29, 1.82) is 0 Å². The van der Waals surface area contributed by atoms with E-state index in [-0.39, 0.29) is 33.8 Å². The molecule has 2 aromatic heterocycles. The summed E-state index contributed by atoms with van der Waals surface area (Å²) in [6.45, 7) is 0. The van der Waals surface area contributed by atoms with Gasteiger partial charge < -0.3 is 19.8 Å². The molecule has 0 fully saturated rings. The van der Waals surface area contributed by atoms with Gasteiger partial charge in [0.1, 0.15) is 28.8 Å². The van der Waals surface area contributed by atoms with Gasteiger partial charge in [0.25, 0.3) is 17.0 Å². The van der Waals surface area contributed by atoms with Crippen molar-refractivity contribution in [2.24, 2.45) is 0 Å². The van der Waals surface area contributed by atoms with Gasteiger partial charge in [0.15, 0.2) is 11.5 Å². The zero-order chi connectivity index (χ0) is 24.9. The fraction of sp³-hybridized carbons (Fsp3) is 0.0833. The normalized spacial score (nSPS) is 10.6. The summed E-state index contributed by atoms with van der Waals surface area (Å²) in [4.78, 5) is 32.7. The second-order valence-corrected chi connectivity index (χ2v) is 7.78. The van der Waals surface area contributed by atoms with E-state index in [4.69, 9.17) is 9.15 Å². The molecule has 2 N–H and O–H groups in total. The summed E-state index contributed by atoms with van der Waals surface area (Å²) >= 11 is 1.14. The first-order chi connectivity index (χ1) is 16.9. The molecule has 178 valence electrons. The van der Waals surface area contributed by atoms with Gasteiger partial charge in [-0.25, -0.2) is 8.78 Å². The lowest BCUT2D eigenvalue weighted by molar-refractivity contribution is 0.0957. The average Bonchev–Trinajstić information content (AvgIpc) is 3.29. The lowest BCUT2D eigenvalue weighted by Crippen LogP contribution is -2.18. The highest BCUT2D eigenvalue weighted by Gasteiger charge is 2.24. The summed E-state index contributed by atoms with van der Waals surface area (Å²) in [5.41, 5.74) is 0.405. The van der Waals surface area contributed by atoms with Gasteiger partial charge in [-0.1, -0.05) is 11.8 Å². The van der Waals surface area contributed by atoms with E-state index in [1.54, 1.807) is 36.6 Å². The van der Waals surface area contributed by atoms with Crippen LogP contribution in [0.1, 0.15) is 21.0 Å². The quantitative estimate of drug-likeness (QED) is 0.341. The largest absolute Gasteiger partial charge is 0.457 e. The first-order valence-corrected chi connectivity index (χ1v) is 11.4. The Morgan fingerprint density at radius 3 is 2.46 bits per heavy atom. The number of rotatable bonds is 7. The number of carbonyl (C=O) groups excluding carboxylic acids is 2. The highest BCUT2D eigenvalue weighted by molar-refractivity contribution is 7.98. The molecule has 0 spiro atoms. The molecule has 0 saturated carbocycles. The topological polar surface area (TPSA) is 106 Å². The van der Waals surface area contributed by atoms with Gasteiger partial charge in [0, 0.05) is 31.1 Å². The maximum atomic E-state index is 14.3. The third-order valence-electron chi connectivity index (χ3n) is 4.71. The van der Waals surface area contributed by atoms with E-state index in [2.05, 4.69) is 20.6 Å². The first-order valence-electron chi connectivity index (χ1n) is 10.2. The van der Waals surface area contributed by atoms with Crippen molar-refractivity contribution in [3.8, 4) is 22.8 Å². The average molecular weight is 496 g/mol. The first kappa shape index (κ1) is 23.9. The van der Waals surface area contributed by atoms with E-state index in [1.165, 1.54) is 25.4 Å². The van der Waals surface area contributed by atoms with Crippen LogP contribution >= 0.6 is 11.8 Å². The zero-order valence-corrected chi connectivity index (χ0v) is 19.3. The highest BCUT2D eigenvalue weighted by atomic mass is 32.2. The molecule has 35 heavy (non-hydrogen) atoms. The number of hydrogen-bond donors (Lipinski definition) is 2. The van der Waals surface area contributed by atoms with Gasteiger partial charge >= 0.3 is 0 Å². The summed E-state index contributed by atoms with van der Waals surface area (Å²) in [5.74, 6) is -1.84. The second kappa shape index (κ2) is 10.3. The molecule has 2 aromatic carbocycles. The van der Waals surface area contributed by atoms with Crippen LogP contribution in [0, 0.1) is 11.6 Å². The van der Waals surface area contributed by atoms with Crippen LogP contribution in [0.2, 0.25) is 0 Å². The summed E-state index contributed by atoms with van der Waals surface area (Å²) < 4.78 is 38.9. The van der Waals surface area contributed by atoms with Gasteiger partial charge in [-0.15, -0.1) is 0 Å². The van der Waals surface area contributed by atoms with E-state index in [9.17, 15) is 18.4 Å². The molecular weight excluding hydrogens is 478 g/mol. The van der Waals surface area contributed by atoms with Crippen molar-refractivity contribution in [2.75, 3.05) is 18.6 Å². The molecule has 0 aliphatic carbocycles. The van der Waals surface area contributed by atoms with Crippen molar-refractivity contribution >= 4 is 29.3 Å². The maximum absolute atomic E-state index is 14.3. The number of nitrogens with one attached hydrogen (secondary N) is 2. The molecule has 0 aliphatic heterocycles. The van der Waals surface area contributed by atoms with Gasteiger partial charge in [0.2, 0.25) is 0 Å². The molecule has 11 heteroatoms. The minimum absolute atomic E-state index is 0.0819. The van der Waals surface area contributed by atoms with E-state index in [0.29, 0.717) is 23.3 Å². The SMILES string of the molecule is CNC(=O)c1cc(Oc2ccc(NC(=O)c3nc(SC)oc3-c3ccc(F)cc3F)cc2)ccn1. The number of halogens is 2. The molecule has 0 saturated heterocycles. The van der Waals surface area contributed by atoms with E-state index >= 15 is 0 Å². The predicted molar refractivity (Wildman–Crippen MR) is 126 cm³/mol. The van der Waals surface area contributed by atoms with Gasteiger partial charge in [0.05, 0.1) is 5.56 Å². The van der Waals surface area contributed by atoms with E-state index in [0.717, 1.165) is 17.8 Å². The molecule has 0 bridgehead atoms. The molecule has 8 nitrogen and oxygen atoms in total. The lowest BCUT2D eigenvalue weighted by Gasteiger charge is -2.09. The number of nitrogens with zero attached hydrogens (tertiary/aromatic N) is 2. The Bertz CT molecular complexity index is 1390. The van der Waals surface area contributed by atoms with Crippen LogP contribution in [0.15, 0.2) is 70.4 Å². The number of hydrogen-bond acceptors (Lipinski definition) is 7. The van der Waals surface area contributed by atoms with Crippen molar-refractivity contribution in [1.82, 2.24) is 15.3 Å². The second-order valence-electron chi connectivity index (χ2n) is 7.02. The van der Waals surface area contributed by atoms with E-state index < -0.39 is 17.5 Å². The molecule has 2 heterocycles. The van der Waals surface area contributed by atoms with Crippen LogP contribution in [-0.2, 0) is 0 Å². The molecular formula is C24H18F2N4O4S. The molecule has 0 atom stereocenters. The summed E-state index contributed by atoms with van der Waals surface area (Å²) in [7, 11) is 1.50. The third kappa shape index (κ3) is 5.46. The number of carbonyl (C=O) groups is 2.